The molecule has 0 spiro atoms. The summed E-state index contributed by atoms with van der Waals surface area (Å²) in [5.41, 5.74) is 0.317. The lowest BCUT2D eigenvalue weighted by molar-refractivity contribution is -0.121. The van der Waals surface area contributed by atoms with Gasteiger partial charge in [0.15, 0.2) is 0 Å². The second kappa shape index (κ2) is 6.83. The summed E-state index contributed by atoms with van der Waals surface area (Å²) in [4.78, 5) is 25.8. The molecule has 1 saturated heterocycles. The van der Waals surface area contributed by atoms with Gasteiger partial charge >= 0.3 is 0 Å². The lowest BCUT2D eigenvalue weighted by atomic mass is 10.2. The highest BCUT2D eigenvalue weighted by atomic mass is 35.5. The Balaban J connectivity index is 1.86. The molecule has 0 bridgehead atoms. The van der Waals surface area contributed by atoms with Gasteiger partial charge in [-0.05, 0) is 25.6 Å². The Morgan fingerprint density at radius 2 is 2.15 bits per heavy atom. The average molecular weight is 296 g/mol. The van der Waals surface area contributed by atoms with Gasteiger partial charge in [0.2, 0.25) is 5.91 Å². The van der Waals surface area contributed by atoms with Crippen molar-refractivity contribution in [3.8, 4) is 0 Å². The maximum Gasteiger partial charge on any atom is 0.259 e. The first-order valence-electron chi connectivity index (χ1n) is 6.58. The fourth-order valence-electron chi connectivity index (χ4n) is 2.29. The van der Waals surface area contributed by atoms with Gasteiger partial charge in [0.1, 0.15) is 0 Å². The van der Waals surface area contributed by atoms with E-state index in [1.807, 2.05) is 11.9 Å². The van der Waals surface area contributed by atoms with E-state index in [0.717, 1.165) is 19.5 Å². The summed E-state index contributed by atoms with van der Waals surface area (Å²) in [7, 11) is 1.91. The SMILES string of the molecule is CNC1CCN(CC(=O)NC(=O)c2ccccc2Cl)C1. The topological polar surface area (TPSA) is 61.4 Å². The lowest BCUT2D eigenvalue weighted by Gasteiger charge is -2.15. The molecule has 0 saturated carbocycles. The number of carbonyl (C=O) groups is 2. The van der Waals surface area contributed by atoms with E-state index in [2.05, 4.69) is 10.6 Å². The number of amides is 2. The van der Waals surface area contributed by atoms with Crippen LogP contribution in [0, 0.1) is 0 Å². The van der Waals surface area contributed by atoms with E-state index in [0.29, 0.717) is 16.6 Å². The Bertz CT molecular complexity index is 507. The van der Waals surface area contributed by atoms with E-state index in [4.69, 9.17) is 11.6 Å². The molecule has 0 aliphatic carbocycles. The molecule has 1 aromatic rings. The number of nitrogens with one attached hydrogen (secondary N) is 2. The summed E-state index contributed by atoms with van der Waals surface area (Å²) in [6.07, 6.45) is 1.02. The van der Waals surface area contributed by atoms with Crippen molar-refractivity contribution in [2.75, 3.05) is 26.7 Å². The third-order valence-corrected chi connectivity index (χ3v) is 3.75. The van der Waals surface area contributed by atoms with E-state index < -0.39 is 5.91 Å². The first-order valence-corrected chi connectivity index (χ1v) is 6.96. The van der Waals surface area contributed by atoms with Crippen molar-refractivity contribution in [2.45, 2.75) is 12.5 Å². The molecule has 6 heteroatoms. The molecule has 1 atom stereocenters. The first-order chi connectivity index (χ1) is 9.60. The van der Waals surface area contributed by atoms with E-state index in [1.165, 1.54) is 0 Å². The maximum atomic E-state index is 11.9. The van der Waals surface area contributed by atoms with E-state index in [-0.39, 0.29) is 12.5 Å². The van der Waals surface area contributed by atoms with E-state index in [9.17, 15) is 9.59 Å². The molecule has 0 radical (unpaired) electrons. The standard InChI is InChI=1S/C14H18ClN3O2/c1-16-10-6-7-18(8-10)9-13(19)17-14(20)11-4-2-3-5-12(11)15/h2-5,10,16H,6-9H2,1H3,(H,17,19,20). The Morgan fingerprint density at radius 1 is 1.40 bits per heavy atom. The molecule has 1 aliphatic heterocycles. The zero-order valence-electron chi connectivity index (χ0n) is 11.4. The summed E-state index contributed by atoms with van der Waals surface area (Å²) >= 11 is 5.92. The highest BCUT2D eigenvalue weighted by Crippen LogP contribution is 2.14. The summed E-state index contributed by atoms with van der Waals surface area (Å²) < 4.78 is 0. The minimum atomic E-state index is -0.454. The zero-order valence-corrected chi connectivity index (χ0v) is 12.1. The number of hydrogen-bond acceptors (Lipinski definition) is 4. The molecule has 1 fully saturated rings. The predicted molar refractivity (Wildman–Crippen MR) is 77.8 cm³/mol. The number of benzene rings is 1. The highest BCUT2D eigenvalue weighted by molar-refractivity contribution is 6.34. The first kappa shape index (κ1) is 15.0. The Morgan fingerprint density at radius 3 is 2.80 bits per heavy atom. The van der Waals surface area contributed by atoms with Crippen LogP contribution in [-0.2, 0) is 4.79 Å². The van der Waals surface area contributed by atoms with Crippen LogP contribution in [0.1, 0.15) is 16.8 Å². The number of nitrogens with zero attached hydrogens (tertiary/aromatic N) is 1. The number of rotatable bonds is 4. The van der Waals surface area contributed by atoms with Crippen LogP contribution in [0.15, 0.2) is 24.3 Å². The Labute approximate surface area is 123 Å². The van der Waals surface area contributed by atoms with Crippen LogP contribution in [0.4, 0.5) is 0 Å². The monoisotopic (exact) mass is 295 g/mol. The summed E-state index contributed by atoms with van der Waals surface area (Å²) in [6, 6.07) is 7.09. The molecule has 1 unspecified atom stereocenters. The van der Waals surface area contributed by atoms with Crippen molar-refractivity contribution in [1.82, 2.24) is 15.5 Å². The molecule has 0 aromatic heterocycles. The number of carbonyl (C=O) groups excluding carboxylic acids is 2. The van der Waals surface area contributed by atoms with Gasteiger partial charge in [0.25, 0.3) is 5.91 Å². The number of likely N-dealkylation sites (tertiary alicyclic amines) is 1. The van der Waals surface area contributed by atoms with Gasteiger partial charge in [-0.2, -0.15) is 0 Å². The molecule has 1 aromatic carbocycles. The van der Waals surface area contributed by atoms with Crippen molar-refractivity contribution in [3.63, 3.8) is 0 Å². The molecule has 108 valence electrons. The second-order valence-corrected chi connectivity index (χ2v) is 5.27. The Hall–Kier alpha value is -1.43. The van der Waals surface area contributed by atoms with Crippen molar-refractivity contribution in [2.24, 2.45) is 0 Å². The van der Waals surface area contributed by atoms with Gasteiger partial charge in [-0.15, -0.1) is 0 Å². The molecule has 1 heterocycles. The number of hydrogen-bond donors (Lipinski definition) is 2. The number of likely N-dealkylation sites (N-methyl/N-ethyl adjacent to an activating group) is 1. The maximum absolute atomic E-state index is 11.9. The molecule has 5 nitrogen and oxygen atoms in total. The third kappa shape index (κ3) is 3.79. The largest absolute Gasteiger partial charge is 0.316 e. The van der Waals surface area contributed by atoms with Crippen molar-refractivity contribution in [3.05, 3.63) is 34.9 Å². The van der Waals surface area contributed by atoms with Crippen molar-refractivity contribution in [1.29, 1.82) is 0 Å². The predicted octanol–water partition coefficient (Wildman–Crippen LogP) is 0.890. The van der Waals surface area contributed by atoms with Crippen LogP contribution < -0.4 is 10.6 Å². The van der Waals surface area contributed by atoms with Crippen molar-refractivity contribution >= 4 is 23.4 Å². The molecular formula is C14H18ClN3O2. The average Bonchev–Trinajstić information content (AvgIpc) is 2.86. The van der Waals surface area contributed by atoms with Crippen molar-refractivity contribution < 1.29 is 9.59 Å². The quantitative estimate of drug-likeness (QED) is 0.866. The van der Waals surface area contributed by atoms with Crippen LogP contribution in [0.5, 0.6) is 0 Å². The highest BCUT2D eigenvalue weighted by Gasteiger charge is 2.23. The smallest absolute Gasteiger partial charge is 0.259 e. The fourth-order valence-corrected chi connectivity index (χ4v) is 2.52. The fraction of sp³-hybridized carbons (Fsp3) is 0.429. The van der Waals surface area contributed by atoms with Crippen LogP contribution in [-0.4, -0.2) is 49.4 Å². The molecule has 1 aliphatic rings. The third-order valence-electron chi connectivity index (χ3n) is 3.42. The van der Waals surface area contributed by atoms with Crippen LogP contribution in [0.2, 0.25) is 5.02 Å². The van der Waals surface area contributed by atoms with Gasteiger partial charge in [0, 0.05) is 19.1 Å². The molecule has 20 heavy (non-hydrogen) atoms. The van der Waals surface area contributed by atoms with E-state index >= 15 is 0 Å². The van der Waals surface area contributed by atoms with Crippen LogP contribution in [0.25, 0.3) is 0 Å². The minimum Gasteiger partial charge on any atom is -0.316 e. The van der Waals surface area contributed by atoms with Gasteiger partial charge in [-0.25, -0.2) is 0 Å². The number of imide groups is 1. The lowest BCUT2D eigenvalue weighted by Crippen LogP contribution is -2.40. The normalized spacial score (nSPS) is 19.0. The van der Waals surface area contributed by atoms with E-state index in [1.54, 1.807) is 24.3 Å². The van der Waals surface area contributed by atoms with Crippen LogP contribution in [0.3, 0.4) is 0 Å². The Kier molecular flexibility index (Phi) is 5.11. The van der Waals surface area contributed by atoms with Gasteiger partial charge in [-0.3, -0.25) is 19.8 Å². The number of halogens is 1. The second-order valence-electron chi connectivity index (χ2n) is 4.87. The summed E-state index contributed by atoms with van der Waals surface area (Å²) in [5.74, 6) is -0.753. The minimum absolute atomic E-state index is 0.231. The van der Waals surface area contributed by atoms with Gasteiger partial charge in [0.05, 0.1) is 17.1 Å². The summed E-state index contributed by atoms with van der Waals surface area (Å²) in [5, 5.41) is 5.90. The van der Waals surface area contributed by atoms with Gasteiger partial charge in [-0.1, -0.05) is 23.7 Å². The molecule has 2 amide bonds. The summed E-state index contributed by atoms with van der Waals surface area (Å²) in [6.45, 7) is 1.91. The zero-order chi connectivity index (χ0) is 14.5. The molecule has 2 N–H and O–H groups in total. The van der Waals surface area contributed by atoms with Gasteiger partial charge < -0.3 is 5.32 Å². The van der Waals surface area contributed by atoms with Crippen LogP contribution >= 0.6 is 11.6 Å². The molecular weight excluding hydrogens is 278 g/mol. The molecule has 2 rings (SSSR count).